The van der Waals surface area contributed by atoms with Crippen LogP contribution in [0.15, 0.2) is 42.5 Å². The molecular weight excluding hydrogens is 380 g/mol. The lowest BCUT2D eigenvalue weighted by Gasteiger charge is -2.43. The van der Waals surface area contributed by atoms with E-state index in [-0.39, 0.29) is 35.8 Å². The Balaban J connectivity index is 1.41. The van der Waals surface area contributed by atoms with Crippen LogP contribution in [0.2, 0.25) is 0 Å². The highest BCUT2D eigenvalue weighted by Crippen LogP contribution is 2.75. The van der Waals surface area contributed by atoms with Gasteiger partial charge in [0.2, 0.25) is 0 Å². The first-order valence-electron chi connectivity index (χ1n) is 11.3. The molecule has 1 aliphatic heterocycles. The van der Waals surface area contributed by atoms with Gasteiger partial charge in [-0.05, 0) is 55.4 Å². The molecule has 1 aromatic rings. The van der Waals surface area contributed by atoms with Crippen LogP contribution < -0.4 is 0 Å². The lowest BCUT2D eigenvalue weighted by atomic mass is 9.63. The first-order chi connectivity index (χ1) is 14.5. The minimum absolute atomic E-state index is 0.154. The van der Waals surface area contributed by atoms with Gasteiger partial charge in [0.1, 0.15) is 12.2 Å². The summed E-state index contributed by atoms with van der Waals surface area (Å²) in [6, 6.07) is 9.68. The Morgan fingerprint density at radius 2 is 2.03 bits per heavy atom. The summed E-state index contributed by atoms with van der Waals surface area (Å²) >= 11 is 0. The highest BCUT2D eigenvalue weighted by atomic mass is 16.6. The van der Waals surface area contributed by atoms with Crippen molar-refractivity contribution in [3.63, 3.8) is 0 Å². The number of rotatable bonds is 3. The number of allylic oxidation sites excluding steroid dienone is 1. The number of ether oxygens (including phenoxy) is 2. The Labute approximate surface area is 176 Å². The topological polar surface area (TPSA) is 72.8 Å². The fourth-order valence-corrected chi connectivity index (χ4v) is 8.12. The minimum Gasteiger partial charge on any atom is -0.461 e. The lowest BCUT2D eigenvalue weighted by molar-refractivity contribution is -0.160. The highest BCUT2D eigenvalue weighted by Gasteiger charge is 2.80. The summed E-state index contributed by atoms with van der Waals surface area (Å²) in [6.45, 7) is 4.56. The van der Waals surface area contributed by atoms with E-state index in [9.17, 15) is 14.7 Å². The largest absolute Gasteiger partial charge is 0.461 e. The molecule has 0 aromatic heterocycles. The van der Waals surface area contributed by atoms with Crippen molar-refractivity contribution < 1.29 is 24.2 Å². The molecule has 4 aliphatic carbocycles. The Hall–Kier alpha value is -2.14. The molecule has 5 heteroatoms. The normalized spacial score (nSPS) is 45.6. The van der Waals surface area contributed by atoms with Gasteiger partial charge in [-0.3, -0.25) is 9.59 Å². The van der Waals surface area contributed by atoms with Gasteiger partial charge in [-0.1, -0.05) is 42.5 Å². The van der Waals surface area contributed by atoms with Crippen molar-refractivity contribution in [1.82, 2.24) is 0 Å². The Kier molecular flexibility index (Phi) is 3.84. The second-order valence-electron chi connectivity index (χ2n) is 10.2. The van der Waals surface area contributed by atoms with E-state index in [1.807, 2.05) is 30.3 Å². The molecule has 0 amide bonds. The van der Waals surface area contributed by atoms with Crippen molar-refractivity contribution in [1.29, 1.82) is 0 Å². The van der Waals surface area contributed by atoms with E-state index in [2.05, 4.69) is 6.58 Å². The molecule has 5 fully saturated rings. The number of esters is 2. The fourth-order valence-electron chi connectivity index (χ4n) is 8.12. The van der Waals surface area contributed by atoms with Crippen LogP contribution in [0.4, 0.5) is 0 Å². The molecule has 5 nitrogen and oxygen atoms in total. The van der Waals surface area contributed by atoms with E-state index in [1.165, 1.54) is 5.57 Å². The maximum absolute atomic E-state index is 13.6. The minimum atomic E-state index is -0.737. The van der Waals surface area contributed by atoms with Crippen LogP contribution in [0.5, 0.6) is 0 Å². The van der Waals surface area contributed by atoms with Gasteiger partial charge in [0, 0.05) is 11.8 Å². The quantitative estimate of drug-likeness (QED) is 0.613. The number of aliphatic hydroxyl groups is 1. The van der Waals surface area contributed by atoms with E-state index >= 15 is 0 Å². The number of carbonyl (C=O) groups is 2. The van der Waals surface area contributed by atoms with Crippen LogP contribution in [0.25, 0.3) is 0 Å². The molecule has 1 heterocycles. The van der Waals surface area contributed by atoms with Gasteiger partial charge in [-0.15, -0.1) is 0 Å². The zero-order valence-electron chi connectivity index (χ0n) is 17.1. The van der Waals surface area contributed by atoms with Gasteiger partial charge in [-0.25, -0.2) is 0 Å². The van der Waals surface area contributed by atoms with Crippen molar-refractivity contribution in [3.8, 4) is 0 Å². The Morgan fingerprint density at radius 1 is 1.23 bits per heavy atom. The molecule has 1 saturated heterocycles. The van der Waals surface area contributed by atoms with Gasteiger partial charge in [0.15, 0.2) is 0 Å². The van der Waals surface area contributed by atoms with Crippen LogP contribution in [-0.2, 0) is 25.7 Å². The highest BCUT2D eigenvalue weighted by molar-refractivity contribution is 5.83. The molecule has 5 aliphatic rings. The lowest BCUT2D eigenvalue weighted by Crippen LogP contribution is -2.47. The molecule has 0 unspecified atom stereocenters. The van der Waals surface area contributed by atoms with Crippen LogP contribution in [0, 0.1) is 35.0 Å². The maximum Gasteiger partial charge on any atom is 0.312 e. The average Bonchev–Trinajstić information content (AvgIpc) is 3.22. The number of hydrogen-bond donors (Lipinski definition) is 1. The maximum atomic E-state index is 13.6. The third kappa shape index (κ3) is 2.22. The van der Waals surface area contributed by atoms with Gasteiger partial charge >= 0.3 is 11.9 Å². The zero-order valence-corrected chi connectivity index (χ0v) is 17.1. The van der Waals surface area contributed by atoms with E-state index in [0.29, 0.717) is 18.8 Å². The molecule has 158 valence electrons. The first-order valence-corrected chi connectivity index (χ1v) is 11.3. The standard InChI is InChI=1S/C25H28O5/c1-14-11-24-12-16(14)7-8-18(24)25-10-9-17(26)19(22(27)30-25)20(25)21(24)23(28)29-13-15-5-3-2-4-6-15/h2-6,16-21,26H,1,7-13H2/t16-,17+,18-,19+,20+,21-,24+,25-/m1/s1. The predicted octanol–water partition coefficient (Wildman–Crippen LogP) is 3.40. The van der Waals surface area contributed by atoms with Crippen molar-refractivity contribution >= 4 is 11.9 Å². The number of aliphatic hydroxyl groups excluding tert-OH is 1. The second kappa shape index (κ2) is 6.19. The smallest absolute Gasteiger partial charge is 0.312 e. The summed E-state index contributed by atoms with van der Waals surface area (Å²) in [5, 5.41) is 10.7. The molecule has 0 radical (unpaired) electrons. The van der Waals surface area contributed by atoms with Crippen LogP contribution in [-0.4, -0.2) is 28.8 Å². The SMILES string of the molecule is C=C1C[C@]23C[C@H]1CC[C@H]2[C@@]12CC[C@H](O)[C@H](C(=O)O1)[C@H]2[C@@H]3C(=O)OCc1ccccc1. The van der Waals surface area contributed by atoms with Crippen molar-refractivity contribution in [2.24, 2.45) is 35.0 Å². The summed E-state index contributed by atoms with van der Waals surface area (Å²) < 4.78 is 12.0. The number of carbonyl (C=O) groups excluding carboxylic acids is 2. The van der Waals surface area contributed by atoms with Gasteiger partial charge < -0.3 is 14.6 Å². The van der Waals surface area contributed by atoms with Crippen molar-refractivity contribution in [2.75, 3.05) is 0 Å². The molecule has 1 N–H and O–H groups in total. The number of fused-ring (bicyclic) bond motifs is 1. The number of hydrogen-bond acceptors (Lipinski definition) is 5. The predicted molar refractivity (Wildman–Crippen MR) is 108 cm³/mol. The third-order valence-corrected chi connectivity index (χ3v) is 9.06. The summed E-state index contributed by atoms with van der Waals surface area (Å²) in [5.74, 6) is -1.27. The molecule has 8 atom stereocenters. The van der Waals surface area contributed by atoms with E-state index in [1.54, 1.807) is 0 Å². The van der Waals surface area contributed by atoms with Crippen LogP contribution in [0.3, 0.4) is 0 Å². The van der Waals surface area contributed by atoms with Gasteiger partial charge in [0.25, 0.3) is 0 Å². The molecule has 1 spiro atoms. The van der Waals surface area contributed by atoms with Crippen LogP contribution >= 0.6 is 0 Å². The van der Waals surface area contributed by atoms with Gasteiger partial charge in [0.05, 0.1) is 17.9 Å². The summed E-state index contributed by atoms with van der Waals surface area (Å²) in [6.07, 6.45) is 4.23. The monoisotopic (exact) mass is 408 g/mol. The molecular formula is C25H28O5. The van der Waals surface area contributed by atoms with E-state index in [4.69, 9.17) is 9.47 Å². The average molecular weight is 408 g/mol. The molecule has 1 aromatic carbocycles. The first kappa shape index (κ1) is 18.6. The molecule has 4 saturated carbocycles. The van der Waals surface area contributed by atoms with Gasteiger partial charge in [-0.2, -0.15) is 0 Å². The summed E-state index contributed by atoms with van der Waals surface area (Å²) in [5.41, 5.74) is 1.31. The van der Waals surface area contributed by atoms with Crippen molar-refractivity contribution in [2.45, 2.75) is 56.8 Å². The third-order valence-electron chi connectivity index (χ3n) is 9.06. The Morgan fingerprint density at radius 3 is 2.83 bits per heavy atom. The fraction of sp³-hybridized carbons (Fsp3) is 0.600. The second-order valence-corrected chi connectivity index (χ2v) is 10.2. The van der Waals surface area contributed by atoms with Crippen molar-refractivity contribution in [3.05, 3.63) is 48.0 Å². The number of benzene rings is 1. The molecule has 30 heavy (non-hydrogen) atoms. The van der Waals surface area contributed by atoms with Crippen LogP contribution in [0.1, 0.15) is 44.1 Å². The zero-order chi connectivity index (χ0) is 20.7. The Bertz CT molecular complexity index is 925. The summed E-state index contributed by atoms with van der Waals surface area (Å²) in [4.78, 5) is 26.5. The molecule has 4 bridgehead atoms. The summed E-state index contributed by atoms with van der Waals surface area (Å²) in [7, 11) is 0. The molecule has 6 rings (SSSR count). The van der Waals surface area contributed by atoms with E-state index < -0.39 is 23.5 Å². The van der Waals surface area contributed by atoms with E-state index in [0.717, 1.165) is 31.2 Å².